The maximum absolute atomic E-state index is 12.6. The van der Waals surface area contributed by atoms with E-state index in [4.69, 9.17) is 9.97 Å². The van der Waals surface area contributed by atoms with E-state index in [1.165, 1.54) is 22.9 Å². The van der Waals surface area contributed by atoms with Gasteiger partial charge in [-0.1, -0.05) is 72.4 Å². The molecule has 1 aliphatic carbocycles. The first-order valence-electron chi connectivity index (χ1n) is 11.5. The molecule has 0 saturated heterocycles. The third-order valence-corrected chi connectivity index (χ3v) is 8.54. The molecule has 0 fully saturated rings. The normalized spacial score (nSPS) is 13.1. The molecule has 2 aromatic carbocycles. The van der Waals surface area contributed by atoms with Crippen molar-refractivity contribution in [2.45, 2.75) is 24.4 Å². The first-order valence-corrected chi connectivity index (χ1v) is 13.3. The number of carbonyl (C=O) groups excluding carboxylic acids is 1. The Morgan fingerprint density at radius 1 is 0.971 bits per heavy atom. The van der Waals surface area contributed by atoms with Crippen LogP contribution < -0.4 is 0 Å². The van der Waals surface area contributed by atoms with E-state index in [0.29, 0.717) is 16.5 Å². The van der Waals surface area contributed by atoms with Gasteiger partial charge in [-0.3, -0.25) is 9.20 Å². The highest BCUT2D eigenvalue weighted by molar-refractivity contribution is 7.99. The van der Waals surface area contributed by atoms with E-state index < -0.39 is 0 Å². The number of pyridine rings is 1. The van der Waals surface area contributed by atoms with Gasteiger partial charge < -0.3 is 0 Å². The fourth-order valence-corrected chi connectivity index (χ4v) is 6.84. The Balaban J connectivity index is 1.33. The molecule has 0 N–H and O–H groups in total. The molecule has 6 nitrogen and oxygen atoms in total. The monoisotopic (exact) mass is 493 g/mol. The highest BCUT2D eigenvalue weighted by Crippen LogP contribution is 2.42. The predicted molar refractivity (Wildman–Crippen MR) is 140 cm³/mol. The maximum Gasteiger partial charge on any atom is 0.197 e. The number of thioether (sulfide) groups is 1. The SMILES string of the molecule is O=C(CSc1nnc2c3sc4nc(-c5ccccc5)c5c(c4c3ncn12)CCC5)c1ccccc1. The molecule has 0 radical (unpaired) electrons. The van der Waals surface area contributed by atoms with Gasteiger partial charge in [0.05, 0.1) is 17.0 Å². The molecule has 8 heteroatoms. The first-order chi connectivity index (χ1) is 17.3. The van der Waals surface area contributed by atoms with Gasteiger partial charge in [-0.2, -0.15) is 0 Å². The second kappa shape index (κ2) is 8.25. The van der Waals surface area contributed by atoms with Crippen molar-refractivity contribution in [1.29, 1.82) is 0 Å². The Bertz CT molecular complexity index is 1740. The number of aryl methyl sites for hydroxylation is 1. The fraction of sp³-hybridized carbons (Fsp3) is 0.148. The number of carbonyl (C=O) groups is 1. The van der Waals surface area contributed by atoms with E-state index in [9.17, 15) is 4.79 Å². The summed E-state index contributed by atoms with van der Waals surface area (Å²) in [6.45, 7) is 0. The number of benzene rings is 2. The molecule has 4 heterocycles. The Morgan fingerprint density at radius 2 is 1.74 bits per heavy atom. The van der Waals surface area contributed by atoms with Gasteiger partial charge in [0.15, 0.2) is 16.6 Å². The second-order valence-corrected chi connectivity index (χ2v) is 10.5. The fourth-order valence-electron chi connectivity index (χ4n) is 4.91. The average Bonchev–Trinajstić information content (AvgIpc) is 3.64. The van der Waals surface area contributed by atoms with Crippen molar-refractivity contribution in [3.63, 3.8) is 0 Å². The van der Waals surface area contributed by atoms with Gasteiger partial charge in [0, 0.05) is 16.5 Å². The number of hydrogen-bond acceptors (Lipinski definition) is 7. The maximum atomic E-state index is 12.6. The van der Waals surface area contributed by atoms with Gasteiger partial charge in [-0.15, -0.1) is 21.5 Å². The van der Waals surface area contributed by atoms with Gasteiger partial charge in [0.25, 0.3) is 0 Å². The summed E-state index contributed by atoms with van der Waals surface area (Å²) in [4.78, 5) is 23.5. The highest BCUT2D eigenvalue weighted by atomic mass is 32.2. The molecular formula is C27H19N5OS2. The number of nitrogens with zero attached hydrogens (tertiary/aromatic N) is 5. The summed E-state index contributed by atoms with van der Waals surface area (Å²) in [6.07, 6.45) is 5.01. The number of thiophene rings is 1. The van der Waals surface area contributed by atoms with Crippen molar-refractivity contribution in [3.05, 3.63) is 83.7 Å². The van der Waals surface area contributed by atoms with Crippen LogP contribution in [0.15, 0.2) is 72.1 Å². The van der Waals surface area contributed by atoms with Crippen LogP contribution in [0.2, 0.25) is 0 Å². The Morgan fingerprint density at radius 3 is 2.57 bits per heavy atom. The molecule has 0 unspecified atom stereocenters. The second-order valence-electron chi connectivity index (χ2n) is 8.60. The van der Waals surface area contributed by atoms with Crippen LogP contribution >= 0.6 is 23.1 Å². The number of ketones is 1. The average molecular weight is 494 g/mol. The summed E-state index contributed by atoms with van der Waals surface area (Å²) in [5.74, 6) is 0.363. The smallest absolute Gasteiger partial charge is 0.197 e. The van der Waals surface area contributed by atoms with Crippen LogP contribution in [0.25, 0.3) is 37.3 Å². The van der Waals surface area contributed by atoms with E-state index in [-0.39, 0.29) is 5.78 Å². The van der Waals surface area contributed by atoms with E-state index in [1.54, 1.807) is 17.7 Å². The molecule has 170 valence electrons. The van der Waals surface area contributed by atoms with Crippen LogP contribution in [0, 0.1) is 0 Å². The predicted octanol–water partition coefficient (Wildman–Crippen LogP) is 6.02. The molecule has 4 aromatic heterocycles. The van der Waals surface area contributed by atoms with Crippen LogP contribution in [0.5, 0.6) is 0 Å². The minimum Gasteiger partial charge on any atom is -0.293 e. The van der Waals surface area contributed by atoms with Gasteiger partial charge in [-0.25, -0.2) is 9.97 Å². The third-order valence-electron chi connectivity index (χ3n) is 6.53. The zero-order valence-corrected chi connectivity index (χ0v) is 20.3. The lowest BCUT2D eigenvalue weighted by molar-refractivity contribution is 0.102. The van der Waals surface area contributed by atoms with Gasteiger partial charge in [-0.05, 0) is 30.4 Å². The van der Waals surface area contributed by atoms with Crippen molar-refractivity contribution in [1.82, 2.24) is 24.6 Å². The largest absolute Gasteiger partial charge is 0.293 e. The minimum atomic E-state index is 0.0662. The van der Waals surface area contributed by atoms with Gasteiger partial charge >= 0.3 is 0 Å². The van der Waals surface area contributed by atoms with Crippen LogP contribution in [-0.4, -0.2) is 36.1 Å². The van der Waals surface area contributed by atoms with E-state index >= 15 is 0 Å². The standard InChI is InChI=1S/C27H19N5OS2/c33-20(16-8-3-1-4-9-16)14-34-27-31-30-25-24-23(28-15-32(25)27)21-18-12-7-13-19(18)22(29-26(21)35-24)17-10-5-2-6-11-17/h1-6,8-11,15H,7,12-14H2. The number of fused-ring (bicyclic) bond motifs is 7. The van der Waals surface area contributed by atoms with Crippen molar-refractivity contribution in [3.8, 4) is 11.3 Å². The molecule has 0 spiro atoms. The van der Waals surface area contributed by atoms with Crippen molar-refractivity contribution >= 4 is 55.0 Å². The van der Waals surface area contributed by atoms with Crippen LogP contribution in [-0.2, 0) is 12.8 Å². The summed E-state index contributed by atoms with van der Waals surface area (Å²) in [5, 5.41) is 10.7. The first kappa shape index (κ1) is 20.7. The lowest BCUT2D eigenvalue weighted by Crippen LogP contribution is -2.02. The highest BCUT2D eigenvalue weighted by Gasteiger charge is 2.25. The molecule has 35 heavy (non-hydrogen) atoms. The lowest BCUT2D eigenvalue weighted by Gasteiger charge is -2.09. The van der Waals surface area contributed by atoms with Gasteiger partial charge in [0.2, 0.25) is 0 Å². The summed E-state index contributed by atoms with van der Waals surface area (Å²) in [5.41, 5.74) is 7.39. The molecule has 0 saturated carbocycles. The lowest BCUT2D eigenvalue weighted by atomic mass is 10.0. The quantitative estimate of drug-likeness (QED) is 0.216. The number of aromatic nitrogens is 5. The van der Waals surface area contributed by atoms with Crippen molar-refractivity contribution in [2.75, 3.05) is 5.75 Å². The molecule has 0 amide bonds. The van der Waals surface area contributed by atoms with E-state index in [2.05, 4.69) is 34.5 Å². The van der Waals surface area contributed by atoms with Crippen molar-refractivity contribution < 1.29 is 4.79 Å². The van der Waals surface area contributed by atoms with Crippen LogP contribution in [0.3, 0.4) is 0 Å². The summed E-state index contributed by atoms with van der Waals surface area (Å²) in [7, 11) is 0. The van der Waals surface area contributed by atoms with Gasteiger partial charge in [0.1, 0.15) is 15.9 Å². The zero-order valence-electron chi connectivity index (χ0n) is 18.6. The van der Waals surface area contributed by atoms with Crippen LogP contribution in [0.4, 0.5) is 0 Å². The summed E-state index contributed by atoms with van der Waals surface area (Å²) >= 11 is 3.01. The molecule has 0 bridgehead atoms. The Labute approximate surface area is 209 Å². The number of hydrogen-bond donors (Lipinski definition) is 0. The molecular weight excluding hydrogens is 474 g/mol. The number of Topliss-reactive ketones (excluding diaryl/α,β-unsaturated/α-hetero) is 1. The molecule has 1 aliphatic rings. The topological polar surface area (TPSA) is 73.0 Å². The molecule has 0 atom stereocenters. The summed E-state index contributed by atoms with van der Waals surface area (Å²) < 4.78 is 2.88. The number of rotatable bonds is 5. The molecule has 0 aliphatic heterocycles. The molecule has 6 aromatic rings. The Kier molecular flexibility index (Phi) is 4.89. The third kappa shape index (κ3) is 3.36. The van der Waals surface area contributed by atoms with Crippen molar-refractivity contribution in [2.24, 2.45) is 0 Å². The summed E-state index contributed by atoms with van der Waals surface area (Å²) in [6, 6.07) is 19.8. The zero-order chi connectivity index (χ0) is 23.4. The van der Waals surface area contributed by atoms with E-state index in [0.717, 1.165) is 56.6 Å². The van der Waals surface area contributed by atoms with E-state index in [1.807, 2.05) is 40.8 Å². The van der Waals surface area contributed by atoms with Crippen LogP contribution in [0.1, 0.15) is 27.9 Å². The minimum absolute atomic E-state index is 0.0662. The Hall–Kier alpha value is -3.62. The molecule has 7 rings (SSSR count).